The number of nitrogens with one attached hydrogen (secondary N) is 1. The molecule has 0 saturated heterocycles. The van der Waals surface area contributed by atoms with Crippen LogP contribution in [0.15, 0.2) is 113 Å². The molecule has 1 heterocycles. The Morgan fingerprint density at radius 1 is 0.889 bits per heavy atom. The van der Waals surface area contributed by atoms with E-state index in [4.69, 9.17) is 9.98 Å². The number of nitrogens with zero attached hydrogens (tertiary/aromatic N) is 2. The predicted molar refractivity (Wildman–Crippen MR) is 118 cm³/mol. The summed E-state index contributed by atoms with van der Waals surface area (Å²) in [7, 11) is 0. The van der Waals surface area contributed by atoms with Crippen LogP contribution in [-0.4, -0.2) is 11.7 Å². The van der Waals surface area contributed by atoms with Crippen molar-refractivity contribution in [1.29, 1.82) is 0 Å². The van der Waals surface area contributed by atoms with E-state index < -0.39 is 0 Å². The van der Waals surface area contributed by atoms with Crippen LogP contribution in [0.2, 0.25) is 0 Å². The highest BCUT2D eigenvalue weighted by molar-refractivity contribution is 6.17. The van der Waals surface area contributed by atoms with Crippen LogP contribution in [0.5, 0.6) is 0 Å². The first-order valence-electron chi connectivity index (χ1n) is 9.12. The molecule has 1 aromatic carbocycles. The van der Waals surface area contributed by atoms with Gasteiger partial charge in [-0.15, -0.1) is 0 Å². The molecule has 1 aliphatic heterocycles. The van der Waals surface area contributed by atoms with Gasteiger partial charge in [-0.2, -0.15) is 0 Å². The molecule has 3 heteroatoms. The lowest BCUT2D eigenvalue weighted by Gasteiger charge is -2.23. The number of aliphatic imine (C=N–C) groups is 2. The molecule has 0 aromatic heterocycles. The van der Waals surface area contributed by atoms with E-state index in [1.165, 1.54) is 0 Å². The molecule has 1 aromatic rings. The number of allylic oxidation sites excluding steroid dienone is 7. The molecule has 0 bridgehead atoms. The Balaban J connectivity index is 2.56. The summed E-state index contributed by atoms with van der Waals surface area (Å²) in [6.45, 7) is 9.81. The van der Waals surface area contributed by atoms with Gasteiger partial charge in [-0.25, -0.2) is 9.98 Å². The third-order valence-corrected chi connectivity index (χ3v) is 3.84. The highest BCUT2D eigenvalue weighted by Gasteiger charge is 2.20. The van der Waals surface area contributed by atoms with Crippen LogP contribution in [0.3, 0.4) is 0 Å². The predicted octanol–water partition coefficient (Wildman–Crippen LogP) is 5.85. The minimum absolute atomic E-state index is 0.296. The Kier molecular flexibility index (Phi) is 7.98. The lowest BCUT2D eigenvalue weighted by atomic mass is 10.1. The largest absolute Gasteiger partial charge is 0.324 e. The van der Waals surface area contributed by atoms with Gasteiger partial charge in [-0.05, 0) is 26.3 Å². The van der Waals surface area contributed by atoms with E-state index in [2.05, 4.69) is 24.0 Å². The van der Waals surface area contributed by atoms with Crippen LogP contribution in [0.4, 0.5) is 0 Å². The minimum Gasteiger partial charge on any atom is -0.324 e. The molecule has 1 atom stereocenters. The van der Waals surface area contributed by atoms with Crippen LogP contribution in [0, 0.1) is 0 Å². The fourth-order valence-electron chi connectivity index (χ4n) is 2.63. The van der Waals surface area contributed by atoms with Crippen LogP contribution in [-0.2, 0) is 0 Å². The van der Waals surface area contributed by atoms with E-state index in [-0.39, 0.29) is 6.17 Å². The molecule has 2 rings (SSSR count). The van der Waals surface area contributed by atoms with Crippen LogP contribution >= 0.6 is 0 Å². The molecule has 0 saturated carbocycles. The van der Waals surface area contributed by atoms with Gasteiger partial charge in [-0.1, -0.05) is 91.6 Å². The molecule has 27 heavy (non-hydrogen) atoms. The lowest BCUT2D eigenvalue weighted by molar-refractivity contribution is 0.755. The molecule has 0 fully saturated rings. The van der Waals surface area contributed by atoms with Gasteiger partial charge in [0.05, 0.1) is 0 Å². The van der Waals surface area contributed by atoms with Crippen LogP contribution in [0.1, 0.15) is 32.5 Å². The summed E-state index contributed by atoms with van der Waals surface area (Å²) in [6.07, 6.45) is 17.5. The SMILES string of the molecule is C=C/C=C(\C=C/C)C1=NC(c2ccccc2)N=C(C(/C=C\C)=C/C=CC)N1. The van der Waals surface area contributed by atoms with Gasteiger partial charge in [0, 0.05) is 11.1 Å². The monoisotopic (exact) mass is 357 g/mol. The molecular weight excluding hydrogens is 330 g/mol. The summed E-state index contributed by atoms with van der Waals surface area (Å²) >= 11 is 0. The van der Waals surface area contributed by atoms with Gasteiger partial charge in [0.25, 0.3) is 0 Å². The van der Waals surface area contributed by atoms with Gasteiger partial charge in [0.1, 0.15) is 11.7 Å². The zero-order valence-corrected chi connectivity index (χ0v) is 16.3. The smallest absolute Gasteiger partial charge is 0.169 e. The molecule has 0 amide bonds. The number of hydrogen-bond acceptors (Lipinski definition) is 3. The Labute approximate surface area is 162 Å². The average molecular weight is 358 g/mol. The van der Waals surface area contributed by atoms with Crippen molar-refractivity contribution >= 4 is 11.7 Å². The van der Waals surface area contributed by atoms with E-state index in [1.54, 1.807) is 6.08 Å². The van der Waals surface area contributed by atoms with Gasteiger partial charge in [-0.3, -0.25) is 0 Å². The van der Waals surface area contributed by atoms with Crippen molar-refractivity contribution in [2.45, 2.75) is 26.9 Å². The summed E-state index contributed by atoms with van der Waals surface area (Å²) in [5.74, 6) is 1.58. The second kappa shape index (κ2) is 10.7. The molecule has 1 aliphatic rings. The summed E-state index contributed by atoms with van der Waals surface area (Å²) in [4.78, 5) is 9.71. The average Bonchev–Trinajstić information content (AvgIpc) is 2.71. The summed E-state index contributed by atoms with van der Waals surface area (Å²) in [6, 6.07) is 10.1. The molecule has 1 unspecified atom stereocenters. The summed E-state index contributed by atoms with van der Waals surface area (Å²) in [5, 5.41) is 3.40. The van der Waals surface area contributed by atoms with Gasteiger partial charge < -0.3 is 5.32 Å². The molecule has 0 aliphatic carbocycles. The number of hydrogen-bond donors (Lipinski definition) is 1. The molecule has 3 nitrogen and oxygen atoms in total. The maximum absolute atomic E-state index is 4.86. The van der Waals surface area contributed by atoms with Gasteiger partial charge in [0.15, 0.2) is 6.17 Å². The van der Waals surface area contributed by atoms with E-state index in [1.807, 2.05) is 87.6 Å². The second-order valence-corrected chi connectivity index (χ2v) is 5.87. The van der Waals surface area contributed by atoms with Crippen molar-refractivity contribution in [1.82, 2.24) is 5.32 Å². The zero-order valence-electron chi connectivity index (χ0n) is 16.3. The van der Waals surface area contributed by atoms with E-state index in [0.29, 0.717) is 0 Å². The molecular formula is C24H27N3. The van der Waals surface area contributed by atoms with Crippen molar-refractivity contribution in [3.8, 4) is 0 Å². The van der Waals surface area contributed by atoms with E-state index >= 15 is 0 Å². The number of benzene rings is 1. The summed E-state index contributed by atoms with van der Waals surface area (Å²) in [5.41, 5.74) is 3.02. The molecule has 1 N–H and O–H groups in total. The topological polar surface area (TPSA) is 36.8 Å². The number of amidine groups is 2. The van der Waals surface area contributed by atoms with Crippen LogP contribution < -0.4 is 5.32 Å². The van der Waals surface area contributed by atoms with E-state index in [0.717, 1.165) is 28.4 Å². The maximum atomic E-state index is 4.86. The molecule has 138 valence electrons. The molecule has 0 radical (unpaired) electrons. The Morgan fingerprint density at radius 2 is 1.48 bits per heavy atom. The van der Waals surface area contributed by atoms with Crippen molar-refractivity contribution in [3.63, 3.8) is 0 Å². The van der Waals surface area contributed by atoms with Gasteiger partial charge in [0.2, 0.25) is 0 Å². The maximum Gasteiger partial charge on any atom is 0.169 e. The van der Waals surface area contributed by atoms with E-state index in [9.17, 15) is 0 Å². The fourth-order valence-corrected chi connectivity index (χ4v) is 2.63. The Morgan fingerprint density at radius 3 is 2.00 bits per heavy atom. The highest BCUT2D eigenvalue weighted by Crippen LogP contribution is 2.24. The van der Waals surface area contributed by atoms with Gasteiger partial charge >= 0.3 is 0 Å². The van der Waals surface area contributed by atoms with Crippen molar-refractivity contribution in [2.24, 2.45) is 9.98 Å². The fraction of sp³-hybridized carbons (Fsp3) is 0.167. The normalized spacial score (nSPS) is 18.7. The zero-order chi connectivity index (χ0) is 19.5. The third kappa shape index (κ3) is 5.65. The first kappa shape index (κ1) is 20.1. The Bertz CT molecular complexity index is 847. The Hall–Kier alpha value is -3.20. The van der Waals surface area contributed by atoms with Crippen molar-refractivity contribution in [2.75, 3.05) is 0 Å². The minimum atomic E-state index is -0.296. The second-order valence-electron chi connectivity index (χ2n) is 5.87. The first-order valence-corrected chi connectivity index (χ1v) is 9.12. The summed E-state index contributed by atoms with van der Waals surface area (Å²) < 4.78 is 0. The highest BCUT2D eigenvalue weighted by atomic mass is 15.2. The number of rotatable bonds is 7. The van der Waals surface area contributed by atoms with Crippen molar-refractivity contribution in [3.05, 3.63) is 108 Å². The first-order chi connectivity index (χ1) is 13.2. The third-order valence-electron chi connectivity index (χ3n) is 3.84. The van der Waals surface area contributed by atoms with Crippen molar-refractivity contribution < 1.29 is 0 Å². The van der Waals surface area contributed by atoms with Crippen LogP contribution in [0.25, 0.3) is 0 Å². The standard InChI is InChI=1S/C24H27N3/c1-5-9-16-20(15-8-4)23-25-22(19(13-6-2)14-7-3)26-24(27-23)21-17-11-10-12-18-21/h5-18,24H,2H2,1,3-4H3,(H,25,26,27)/b9-5?,14-7-,15-8-,19-13+,20-16+. The molecule has 0 spiro atoms. The quantitative estimate of drug-likeness (QED) is 0.610. The lowest BCUT2D eigenvalue weighted by Crippen LogP contribution is -2.36.